The lowest BCUT2D eigenvalue weighted by molar-refractivity contribution is -0.170. The molecule has 3 rings (SSSR count). The summed E-state index contributed by atoms with van der Waals surface area (Å²) >= 11 is 0. The molecule has 0 aliphatic carbocycles. The Morgan fingerprint density at radius 1 is 1.32 bits per heavy atom. The molecule has 4 nitrogen and oxygen atoms in total. The van der Waals surface area contributed by atoms with Gasteiger partial charge in [-0.15, -0.1) is 0 Å². The van der Waals surface area contributed by atoms with Crippen molar-refractivity contribution >= 4 is 11.8 Å². The van der Waals surface area contributed by atoms with E-state index in [-0.39, 0.29) is 12.4 Å². The summed E-state index contributed by atoms with van der Waals surface area (Å²) in [6.07, 6.45) is 7.12. The molecule has 1 aromatic rings. The van der Waals surface area contributed by atoms with Crippen LogP contribution in [0.4, 0.5) is 5.69 Å². The smallest absolute Gasteiger partial charge is 0.157 e. The summed E-state index contributed by atoms with van der Waals surface area (Å²) in [5, 5.41) is 0. The number of anilines is 1. The number of nitrogens with two attached hydrogens (primary N) is 1. The Morgan fingerprint density at radius 2 is 2.26 bits per heavy atom. The van der Waals surface area contributed by atoms with E-state index in [1.54, 1.807) is 0 Å². The maximum atomic E-state index is 5.92. The molecule has 2 N–H and O–H groups in total. The largest absolute Gasteiger partial charge is 0.481 e. The van der Waals surface area contributed by atoms with E-state index in [1.807, 2.05) is 30.4 Å². The molecule has 1 fully saturated rings. The molecule has 0 amide bonds. The number of hydrogen-bond donors (Lipinski definition) is 1. The van der Waals surface area contributed by atoms with E-state index >= 15 is 0 Å². The van der Waals surface area contributed by atoms with Gasteiger partial charge in [-0.25, -0.2) is 0 Å². The van der Waals surface area contributed by atoms with E-state index in [9.17, 15) is 0 Å². The third kappa shape index (κ3) is 2.91. The van der Waals surface area contributed by atoms with E-state index in [2.05, 4.69) is 0 Å². The number of hydrogen-bond acceptors (Lipinski definition) is 4. The first kappa shape index (κ1) is 12.5. The van der Waals surface area contributed by atoms with Gasteiger partial charge in [0, 0.05) is 12.2 Å². The van der Waals surface area contributed by atoms with Gasteiger partial charge in [-0.05, 0) is 31.4 Å². The highest BCUT2D eigenvalue weighted by atomic mass is 16.7. The lowest BCUT2D eigenvalue weighted by Gasteiger charge is -2.27. The second kappa shape index (κ2) is 5.63. The number of nitrogen functional groups attached to an aromatic ring is 1. The monoisotopic (exact) mass is 261 g/mol. The van der Waals surface area contributed by atoms with Crippen LogP contribution in [0.1, 0.15) is 24.8 Å². The Balaban J connectivity index is 1.58. The highest BCUT2D eigenvalue weighted by Crippen LogP contribution is 2.32. The van der Waals surface area contributed by atoms with Gasteiger partial charge in [-0.3, -0.25) is 0 Å². The van der Waals surface area contributed by atoms with Crippen LogP contribution in [0.5, 0.6) is 5.75 Å². The van der Waals surface area contributed by atoms with Crippen LogP contribution in [0.2, 0.25) is 0 Å². The van der Waals surface area contributed by atoms with Gasteiger partial charge in [0.2, 0.25) is 0 Å². The molecule has 2 atom stereocenters. The van der Waals surface area contributed by atoms with Crippen LogP contribution >= 0.6 is 0 Å². The molecule has 102 valence electrons. The molecule has 0 spiro atoms. The maximum Gasteiger partial charge on any atom is 0.157 e. The average Bonchev–Trinajstić information content (AvgIpc) is 2.47. The number of para-hydroxylation sites is 1. The molecule has 2 aliphatic heterocycles. The Morgan fingerprint density at radius 3 is 3.11 bits per heavy atom. The first-order valence-corrected chi connectivity index (χ1v) is 6.79. The van der Waals surface area contributed by atoms with Crippen molar-refractivity contribution in [2.75, 3.05) is 18.9 Å². The van der Waals surface area contributed by atoms with Crippen LogP contribution in [-0.2, 0) is 9.47 Å². The first-order chi connectivity index (χ1) is 9.33. The van der Waals surface area contributed by atoms with Crippen molar-refractivity contribution in [1.82, 2.24) is 0 Å². The molecule has 0 aromatic heterocycles. The zero-order valence-electron chi connectivity index (χ0n) is 10.9. The van der Waals surface area contributed by atoms with Crippen LogP contribution in [0.15, 0.2) is 24.3 Å². The van der Waals surface area contributed by atoms with Gasteiger partial charge in [0.1, 0.15) is 11.9 Å². The average molecular weight is 261 g/mol. The molecule has 19 heavy (non-hydrogen) atoms. The van der Waals surface area contributed by atoms with Crippen LogP contribution in [0, 0.1) is 0 Å². The number of rotatable bonds is 3. The van der Waals surface area contributed by atoms with Crippen molar-refractivity contribution in [3.63, 3.8) is 0 Å². The second-order valence-electron chi connectivity index (χ2n) is 4.91. The summed E-state index contributed by atoms with van der Waals surface area (Å²) in [6.45, 7) is 1.29. The van der Waals surface area contributed by atoms with Gasteiger partial charge in [0.25, 0.3) is 0 Å². The zero-order valence-corrected chi connectivity index (χ0v) is 10.9. The summed E-state index contributed by atoms with van der Waals surface area (Å²) < 4.78 is 17.1. The third-order valence-electron chi connectivity index (χ3n) is 3.42. The molecular weight excluding hydrogens is 242 g/mol. The Labute approximate surface area is 113 Å². The van der Waals surface area contributed by atoms with Gasteiger partial charge in [0.05, 0.1) is 12.3 Å². The third-order valence-corrected chi connectivity index (χ3v) is 3.42. The molecule has 2 heterocycles. The molecule has 1 saturated heterocycles. The van der Waals surface area contributed by atoms with E-state index in [1.165, 1.54) is 6.42 Å². The van der Waals surface area contributed by atoms with Crippen molar-refractivity contribution in [1.29, 1.82) is 0 Å². The fraction of sp³-hybridized carbons (Fsp3) is 0.467. The number of fused-ring (bicyclic) bond motifs is 1. The molecular formula is C15H19NO3. The minimum atomic E-state index is -0.0947. The van der Waals surface area contributed by atoms with Crippen LogP contribution in [0.25, 0.3) is 6.08 Å². The van der Waals surface area contributed by atoms with Crippen molar-refractivity contribution in [2.45, 2.75) is 31.7 Å². The van der Waals surface area contributed by atoms with Crippen molar-refractivity contribution in [3.8, 4) is 5.75 Å². The summed E-state index contributed by atoms with van der Waals surface area (Å²) in [5.41, 5.74) is 7.60. The van der Waals surface area contributed by atoms with Crippen LogP contribution in [-0.4, -0.2) is 25.6 Å². The molecule has 4 heteroatoms. The van der Waals surface area contributed by atoms with Gasteiger partial charge in [-0.2, -0.15) is 0 Å². The Hall–Kier alpha value is -1.52. The highest BCUT2D eigenvalue weighted by molar-refractivity contribution is 5.69. The van der Waals surface area contributed by atoms with E-state index < -0.39 is 0 Å². The van der Waals surface area contributed by atoms with Crippen molar-refractivity contribution in [3.05, 3.63) is 29.8 Å². The van der Waals surface area contributed by atoms with E-state index in [0.29, 0.717) is 12.3 Å². The standard InChI is InChI=1S/C15H19NO3/c16-13-5-3-4-11-7-8-12(19-15(11)13)10-18-14-6-1-2-9-17-14/h3-5,7-8,12,14H,1-2,6,9-10,16H2. The van der Waals surface area contributed by atoms with E-state index in [0.717, 1.165) is 30.8 Å². The van der Waals surface area contributed by atoms with Gasteiger partial charge >= 0.3 is 0 Å². The summed E-state index contributed by atoms with van der Waals surface area (Å²) in [5.74, 6) is 0.753. The number of benzene rings is 1. The Bertz CT molecular complexity index is 466. The quantitative estimate of drug-likeness (QED) is 0.850. The summed E-state index contributed by atoms with van der Waals surface area (Å²) in [7, 11) is 0. The maximum absolute atomic E-state index is 5.92. The van der Waals surface area contributed by atoms with Crippen LogP contribution < -0.4 is 10.5 Å². The fourth-order valence-electron chi connectivity index (χ4n) is 2.38. The van der Waals surface area contributed by atoms with Gasteiger partial charge in [0.15, 0.2) is 6.29 Å². The summed E-state index contributed by atoms with van der Waals surface area (Å²) in [4.78, 5) is 0. The molecule has 1 aromatic carbocycles. The lowest BCUT2D eigenvalue weighted by atomic mass is 10.1. The molecule has 0 radical (unpaired) electrons. The topological polar surface area (TPSA) is 53.7 Å². The predicted octanol–water partition coefficient (Wildman–Crippen LogP) is 2.59. The van der Waals surface area contributed by atoms with E-state index in [4.69, 9.17) is 19.9 Å². The van der Waals surface area contributed by atoms with Gasteiger partial charge < -0.3 is 19.9 Å². The minimum Gasteiger partial charge on any atom is -0.481 e. The molecule has 2 unspecified atom stereocenters. The van der Waals surface area contributed by atoms with Crippen LogP contribution in [0.3, 0.4) is 0 Å². The molecule has 0 bridgehead atoms. The van der Waals surface area contributed by atoms with Gasteiger partial charge in [-0.1, -0.05) is 18.2 Å². The predicted molar refractivity (Wildman–Crippen MR) is 73.8 cm³/mol. The molecule has 0 saturated carbocycles. The zero-order chi connectivity index (χ0) is 13.1. The van der Waals surface area contributed by atoms with Crippen molar-refractivity contribution in [2.24, 2.45) is 0 Å². The summed E-state index contributed by atoms with van der Waals surface area (Å²) in [6, 6.07) is 5.76. The highest BCUT2D eigenvalue weighted by Gasteiger charge is 2.20. The lowest BCUT2D eigenvalue weighted by Crippen LogP contribution is -2.29. The van der Waals surface area contributed by atoms with Crippen molar-refractivity contribution < 1.29 is 14.2 Å². The SMILES string of the molecule is Nc1cccc2c1OC(COC1CCCCO1)C=C2. The normalized spacial score (nSPS) is 25.7. The molecule has 2 aliphatic rings. The Kier molecular flexibility index (Phi) is 3.71. The minimum absolute atomic E-state index is 0.0831. The fourth-order valence-corrected chi connectivity index (χ4v) is 2.38. The number of ether oxygens (including phenoxy) is 3. The first-order valence-electron chi connectivity index (χ1n) is 6.79. The second-order valence-corrected chi connectivity index (χ2v) is 4.91.